The van der Waals surface area contributed by atoms with Crippen LogP contribution in [-0.2, 0) is 0 Å². The third-order valence-electron chi connectivity index (χ3n) is 10.5. The Kier molecular flexibility index (Phi) is 6.09. The lowest BCUT2D eigenvalue weighted by Crippen LogP contribution is -1.90. The molecule has 0 bridgehead atoms. The first-order valence-corrected chi connectivity index (χ1v) is 18.7. The topological polar surface area (TPSA) is 0 Å². The molecule has 0 aliphatic heterocycles. The first-order chi connectivity index (χ1) is 24.8. The smallest absolute Gasteiger partial charge is 0.0540 e. The lowest BCUT2D eigenvalue weighted by atomic mass is 9.86. The van der Waals surface area contributed by atoms with Gasteiger partial charge in [0.2, 0.25) is 0 Å². The van der Waals surface area contributed by atoms with Gasteiger partial charge in [-0.2, -0.15) is 0 Å². The number of rotatable bonds is 3. The second-order valence-electron chi connectivity index (χ2n) is 13.1. The zero-order valence-electron chi connectivity index (χ0n) is 27.0. The van der Waals surface area contributed by atoms with Gasteiger partial charge in [0.25, 0.3) is 0 Å². The van der Waals surface area contributed by atoms with E-state index in [9.17, 15) is 0 Å². The van der Waals surface area contributed by atoms with Crippen molar-refractivity contribution in [2.24, 2.45) is 0 Å². The van der Waals surface area contributed by atoms with Crippen LogP contribution in [0.2, 0.25) is 0 Å². The molecule has 0 amide bonds. The highest BCUT2D eigenvalue weighted by atomic mass is 32.1. The van der Waals surface area contributed by atoms with Crippen LogP contribution >= 0.6 is 22.7 Å². The van der Waals surface area contributed by atoms with Crippen molar-refractivity contribution in [3.05, 3.63) is 170 Å². The van der Waals surface area contributed by atoms with Gasteiger partial charge in [0, 0.05) is 30.9 Å². The molecule has 2 aromatic heterocycles. The third-order valence-corrected chi connectivity index (χ3v) is 13.0. The molecule has 2 heteroatoms. The van der Waals surface area contributed by atoms with Gasteiger partial charge in [-0.05, 0) is 83.9 Å². The van der Waals surface area contributed by atoms with Gasteiger partial charge < -0.3 is 0 Å². The number of hydrogen-bond acceptors (Lipinski definition) is 2. The van der Waals surface area contributed by atoms with Crippen molar-refractivity contribution in [2.75, 3.05) is 0 Å². The maximum absolute atomic E-state index is 2.42. The van der Waals surface area contributed by atoms with Crippen molar-refractivity contribution < 1.29 is 0 Å². The van der Waals surface area contributed by atoms with Crippen LogP contribution in [0.4, 0.5) is 0 Å². The van der Waals surface area contributed by atoms with E-state index in [1.165, 1.54) is 106 Å². The molecule has 50 heavy (non-hydrogen) atoms. The zero-order chi connectivity index (χ0) is 32.8. The van der Waals surface area contributed by atoms with Gasteiger partial charge in [-0.25, -0.2) is 0 Å². The maximum atomic E-state index is 2.42. The lowest BCUT2D eigenvalue weighted by Gasteiger charge is -2.18. The fraction of sp³-hybridized carbons (Fsp3) is 0. The highest BCUT2D eigenvalue weighted by Crippen LogP contribution is 2.50. The molecule has 0 radical (unpaired) electrons. The molecule has 0 fully saturated rings. The molecule has 11 rings (SSSR count). The van der Waals surface area contributed by atoms with E-state index in [1.807, 2.05) is 22.7 Å². The fourth-order valence-corrected chi connectivity index (χ4v) is 10.8. The molecule has 0 spiro atoms. The summed E-state index contributed by atoms with van der Waals surface area (Å²) in [7, 11) is 0. The Morgan fingerprint density at radius 3 is 1.24 bits per heavy atom. The SMILES string of the molecule is c1ccc(-c2c3ccccc3c(-c3ccc(-c4ccc5sc6c7sc8ccccc8c7c7ccccc7c6c5c4)cc3)c3ccccc23)cc1. The molecular weight excluding hydrogens is 641 g/mol. The van der Waals surface area contributed by atoms with Crippen LogP contribution in [0, 0.1) is 0 Å². The minimum Gasteiger partial charge on any atom is -0.134 e. The van der Waals surface area contributed by atoms with Crippen LogP contribution in [0.1, 0.15) is 0 Å². The predicted molar refractivity (Wildman–Crippen MR) is 221 cm³/mol. The Balaban J connectivity index is 1.10. The third kappa shape index (κ3) is 4.04. The van der Waals surface area contributed by atoms with E-state index >= 15 is 0 Å². The lowest BCUT2D eigenvalue weighted by molar-refractivity contribution is 1.63. The van der Waals surface area contributed by atoms with Gasteiger partial charge in [-0.1, -0.05) is 152 Å². The Morgan fingerprint density at radius 1 is 0.260 bits per heavy atom. The van der Waals surface area contributed by atoms with Crippen LogP contribution < -0.4 is 0 Å². The second kappa shape index (κ2) is 10.9. The standard InChI is InChI=1S/C48H28S2/c1-2-12-30(13-3-1)43-33-14-4-6-16-35(33)44(36-17-7-5-15-34(36)43)31-24-22-29(23-25-31)32-26-27-42-40(28-32)46-38-19-9-8-18-37(38)45-39-20-10-11-21-41(39)49-47(45)48(46)50-42/h1-28H. The van der Waals surface area contributed by atoms with Crippen LogP contribution in [-0.4, -0.2) is 0 Å². The number of hydrogen-bond donors (Lipinski definition) is 0. The molecule has 0 saturated carbocycles. The second-order valence-corrected chi connectivity index (χ2v) is 15.3. The van der Waals surface area contributed by atoms with Crippen LogP contribution in [0.15, 0.2) is 170 Å². The summed E-state index contributed by atoms with van der Waals surface area (Å²) in [6.45, 7) is 0. The fourth-order valence-electron chi connectivity index (χ4n) is 8.28. The molecule has 0 unspecified atom stereocenters. The molecule has 2 heterocycles. The maximum Gasteiger partial charge on any atom is 0.0540 e. The van der Waals surface area contributed by atoms with Crippen molar-refractivity contribution >= 4 is 95.3 Å². The van der Waals surface area contributed by atoms with Gasteiger partial charge in [-0.3, -0.25) is 0 Å². The monoisotopic (exact) mass is 668 g/mol. The van der Waals surface area contributed by atoms with Crippen LogP contribution in [0.3, 0.4) is 0 Å². The minimum absolute atomic E-state index is 1.23. The molecule has 0 aliphatic carbocycles. The minimum atomic E-state index is 1.23. The van der Waals surface area contributed by atoms with Gasteiger partial charge in [-0.15, -0.1) is 22.7 Å². The van der Waals surface area contributed by atoms with Gasteiger partial charge in [0.05, 0.1) is 9.40 Å². The van der Waals surface area contributed by atoms with Crippen LogP contribution in [0.25, 0.3) is 106 Å². The van der Waals surface area contributed by atoms with E-state index in [-0.39, 0.29) is 0 Å². The van der Waals surface area contributed by atoms with Crippen molar-refractivity contribution in [1.82, 2.24) is 0 Å². The summed E-state index contributed by atoms with van der Waals surface area (Å²) < 4.78 is 5.51. The van der Waals surface area contributed by atoms with E-state index < -0.39 is 0 Å². The van der Waals surface area contributed by atoms with Gasteiger partial charge >= 0.3 is 0 Å². The van der Waals surface area contributed by atoms with E-state index in [0.29, 0.717) is 0 Å². The normalized spacial score (nSPS) is 12.0. The highest BCUT2D eigenvalue weighted by molar-refractivity contribution is 7.33. The van der Waals surface area contributed by atoms with E-state index in [4.69, 9.17) is 0 Å². The predicted octanol–water partition coefficient (Wildman–Crippen LogP) is 14.9. The van der Waals surface area contributed by atoms with Crippen molar-refractivity contribution in [3.8, 4) is 33.4 Å². The largest absolute Gasteiger partial charge is 0.134 e. The summed E-state index contributed by atoms with van der Waals surface area (Å²) in [5.41, 5.74) is 7.56. The Morgan fingerprint density at radius 2 is 0.660 bits per heavy atom. The summed E-state index contributed by atoms with van der Waals surface area (Å²) in [5.74, 6) is 0. The average molecular weight is 669 g/mol. The van der Waals surface area contributed by atoms with Gasteiger partial charge in [0.15, 0.2) is 0 Å². The summed E-state index contributed by atoms with van der Waals surface area (Å²) in [6, 6.07) is 62.8. The molecule has 0 N–H and O–H groups in total. The first kappa shape index (κ1) is 28.1. The van der Waals surface area contributed by atoms with Crippen LogP contribution in [0.5, 0.6) is 0 Å². The summed E-state index contributed by atoms with van der Waals surface area (Å²) in [5, 5.41) is 13.3. The molecule has 11 aromatic rings. The summed E-state index contributed by atoms with van der Waals surface area (Å²) in [6.07, 6.45) is 0. The number of benzene rings is 9. The number of fused-ring (bicyclic) bond motifs is 12. The summed E-state index contributed by atoms with van der Waals surface area (Å²) in [4.78, 5) is 0. The van der Waals surface area contributed by atoms with E-state index in [2.05, 4.69) is 170 Å². The molecule has 0 saturated heterocycles. The Hall–Kier alpha value is -5.80. The molecule has 0 aliphatic rings. The molecule has 0 atom stereocenters. The van der Waals surface area contributed by atoms with Crippen molar-refractivity contribution in [2.45, 2.75) is 0 Å². The van der Waals surface area contributed by atoms with Crippen molar-refractivity contribution in [1.29, 1.82) is 0 Å². The Labute approximate surface area is 297 Å². The molecule has 0 nitrogen and oxygen atoms in total. The summed E-state index contributed by atoms with van der Waals surface area (Å²) >= 11 is 3.87. The van der Waals surface area contributed by atoms with Gasteiger partial charge in [0.1, 0.15) is 0 Å². The molecular formula is C48H28S2. The Bertz CT molecular complexity index is 3070. The quantitative estimate of drug-likeness (QED) is 0.164. The highest BCUT2D eigenvalue weighted by Gasteiger charge is 2.19. The van der Waals surface area contributed by atoms with E-state index in [1.54, 1.807) is 0 Å². The molecule has 9 aromatic carbocycles. The zero-order valence-corrected chi connectivity index (χ0v) is 28.6. The average Bonchev–Trinajstić information content (AvgIpc) is 3.77. The van der Waals surface area contributed by atoms with E-state index in [0.717, 1.165) is 0 Å². The first-order valence-electron chi connectivity index (χ1n) is 17.1. The number of thiophene rings is 2. The van der Waals surface area contributed by atoms with Crippen molar-refractivity contribution in [3.63, 3.8) is 0 Å². The molecule has 232 valence electrons.